The molecule has 0 saturated carbocycles. The Balaban J connectivity index is 2.63. The molecular formula is C11H18N2O. The summed E-state index contributed by atoms with van der Waals surface area (Å²) in [6.45, 7) is 8.85. The second-order valence-electron chi connectivity index (χ2n) is 3.44. The number of H-pyrrole nitrogens is 1. The second kappa shape index (κ2) is 4.96. The molecule has 1 heterocycles. The van der Waals surface area contributed by atoms with Crippen LogP contribution in [0.25, 0.3) is 0 Å². The van der Waals surface area contributed by atoms with Crippen LogP contribution < -0.4 is 0 Å². The van der Waals surface area contributed by atoms with Gasteiger partial charge in [0.05, 0.1) is 5.69 Å². The van der Waals surface area contributed by atoms with Crippen molar-refractivity contribution in [2.45, 2.75) is 27.3 Å². The van der Waals surface area contributed by atoms with Gasteiger partial charge in [0.15, 0.2) is 5.78 Å². The van der Waals surface area contributed by atoms with E-state index in [1.165, 1.54) is 5.56 Å². The number of ketones is 1. The molecule has 0 amide bonds. The highest BCUT2D eigenvalue weighted by Crippen LogP contribution is 2.07. The first-order chi connectivity index (χ1) is 6.67. The van der Waals surface area contributed by atoms with E-state index in [2.05, 4.69) is 23.7 Å². The average molecular weight is 194 g/mol. The molecule has 1 N–H and O–H groups in total. The maximum atomic E-state index is 11.0. The molecule has 0 unspecified atom stereocenters. The van der Waals surface area contributed by atoms with Crippen molar-refractivity contribution in [3.63, 3.8) is 0 Å². The lowest BCUT2D eigenvalue weighted by Crippen LogP contribution is -2.21. The van der Waals surface area contributed by atoms with Gasteiger partial charge < -0.3 is 4.98 Å². The van der Waals surface area contributed by atoms with Crippen LogP contribution in [0.3, 0.4) is 0 Å². The third kappa shape index (κ3) is 2.70. The number of Topliss-reactive ketones (excluding diaryl/α,β-unsaturated/α-hetero) is 1. The van der Waals surface area contributed by atoms with Gasteiger partial charge in [0.25, 0.3) is 0 Å². The van der Waals surface area contributed by atoms with E-state index < -0.39 is 0 Å². The average Bonchev–Trinajstić information content (AvgIpc) is 2.62. The molecule has 0 aromatic carbocycles. The molecule has 0 bridgehead atoms. The lowest BCUT2D eigenvalue weighted by Gasteiger charge is -2.16. The lowest BCUT2D eigenvalue weighted by molar-refractivity contribution is 0.101. The van der Waals surface area contributed by atoms with Gasteiger partial charge in [-0.1, -0.05) is 13.8 Å². The Kier molecular flexibility index (Phi) is 3.89. The molecular weight excluding hydrogens is 176 g/mol. The van der Waals surface area contributed by atoms with E-state index in [1.54, 1.807) is 6.92 Å². The molecule has 0 aliphatic carbocycles. The third-order valence-corrected chi connectivity index (χ3v) is 2.42. The zero-order chi connectivity index (χ0) is 10.6. The molecule has 0 saturated heterocycles. The van der Waals surface area contributed by atoms with Crippen LogP contribution >= 0.6 is 0 Å². The molecule has 14 heavy (non-hydrogen) atoms. The van der Waals surface area contributed by atoms with E-state index in [4.69, 9.17) is 0 Å². The largest absolute Gasteiger partial charge is 0.358 e. The summed E-state index contributed by atoms with van der Waals surface area (Å²) in [6, 6.07) is 1.93. The van der Waals surface area contributed by atoms with Crippen molar-refractivity contribution in [2.24, 2.45) is 0 Å². The van der Waals surface area contributed by atoms with E-state index >= 15 is 0 Å². The van der Waals surface area contributed by atoms with Gasteiger partial charge in [0, 0.05) is 19.7 Å². The first-order valence-electron chi connectivity index (χ1n) is 5.08. The number of hydrogen-bond acceptors (Lipinski definition) is 2. The Morgan fingerprint density at radius 3 is 2.50 bits per heavy atom. The summed E-state index contributed by atoms with van der Waals surface area (Å²) < 4.78 is 0. The summed E-state index contributed by atoms with van der Waals surface area (Å²) in [5, 5.41) is 0. The van der Waals surface area contributed by atoms with Crippen LogP contribution in [0.1, 0.15) is 36.8 Å². The normalized spacial score (nSPS) is 10.9. The molecule has 0 radical (unpaired) electrons. The van der Waals surface area contributed by atoms with Crippen molar-refractivity contribution in [3.8, 4) is 0 Å². The highest BCUT2D eigenvalue weighted by Gasteiger charge is 2.05. The summed E-state index contributed by atoms with van der Waals surface area (Å²) in [6.07, 6.45) is 1.91. The Bertz CT molecular complexity index is 300. The van der Waals surface area contributed by atoms with E-state index in [0.717, 1.165) is 19.6 Å². The Labute approximate surface area is 85.1 Å². The van der Waals surface area contributed by atoms with Crippen molar-refractivity contribution in [2.75, 3.05) is 13.1 Å². The first kappa shape index (κ1) is 11.0. The fraction of sp³-hybridized carbons (Fsp3) is 0.545. The molecule has 3 heteroatoms. The molecule has 78 valence electrons. The monoisotopic (exact) mass is 194 g/mol. The minimum absolute atomic E-state index is 0.0933. The molecule has 0 atom stereocenters. The van der Waals surface area contributed by atoms with Gasteiger partial charge in [-0.05, 0) is 24.7 Å². The Hall–Kier alpha value is -1.09. The van der Waals surface area contributed by atoms with Crippen molar-refractivity contribution in [1.29, 1.82) is 0 Å². The number of aromatic amines is 1. The molecule has 0 aliphatic heterocycles. The highest BCUT2D eigenvalue weighted by atomic mass is 16.1. The van der Waals surface area contributed by atoms with Crippen LogP contribution in [0.5, 0.6) is 0 Å². The molecule has 1 rings (SSSR count). The highest BCUT2D eigenvalue weighted by molar-refractivity contribution is 5.92. The molecule has 1 aromatic heterocycles. The van der Waals surface area contributed by atoms with Crippen LogP contribution in [-0.4, -0.2) is 28.8 Å². The SMILES string of the molecule is CCN(CC)Cc1c[nH]c(C(C)=O)c1. The fourth-order valence-corrected chi connectivity index (χ4v) is 1.44. The molecule has 0 fully saturated rings. The van der Waals surface area contributed by atoms with Gasteiger partial charge >= 0.3 is 0 Å². The number of hydrogen-bond donors (Lipinski definition) is 1. The predicted octanol–water partition coefficient (Wildman–Crippen LogP) is 2.06. The number of rotatable bonds is 5. The van der Waals surface area contributed by atoms with Crippen molar-refractivity contribution >= 4 is 5.78 Å². The van der Waals surface area contributed by atoms with E-state index in [1.807, 2.05) is 12.3 Å². The second-order valence-corrected chi connectivity index (χ2v) is 3.44. The van der Waals surface area contributed by atoms with E-state index in [0.29, 0.717) is 5.69 Å². The molecule has 1 aromatic rings. The Morgan fingerprint density at radius 1 is 1.43 bits per heavy atom. The van der Waals surface area contributed by atoms with Crippen LogP contribution in [0.2, 0.25) is 0 Å². The quantitative estimate of drug-likeness (QED) is 0.728. The third-order valence-electron chi connectivity index (χ3n) is 2.42. The number of carbonyl (C=O) groups excluding carboxylic acids is 1. The minimum atomic E-state index is 0.0933. The number of carbonyl (C=O) groups is 1. The summed E-state index contributed by atoms with van der Waals surface area (Å²) in [7, 11) is 0. The summed E-state index contributed by atoms with van der Waals surface area (Å²) in [5.74, 6) is 0.0933. The van der Waals surface area contributed by atoms with Gasteiger partial charge in [-0.2, -0.15) is 0 Å². The van der Waals surface area contributed by atoms with Gasteiger partial charge in [-0.25, -0.2) is 0 Å². The van der Waals surface area contributed by atoms with Crippen molar-refractivity contribution in [1.82, 2.24) is 9.88 Å². The summed E-state index contributed by atoms with van der Waals surface area (Å²) in [5.41, 5.74) is 1.88. The summed E-state index contributed by atoms with van der Waals surface area (Å²) >= 11 is 0. The van der Waals surface area contributed by atoms with Crippen LogP contribution in [0, 0.1) is 0 Å². The first-order valence-corrected chi connectivity index (χ1v) is 5.08. The smallest absolute Gasteiger partial charge is 0.175 e. The van der Waals surface area contributed by atoms with E-state index in [9.17, 15) is 4.79 Å². The predicted molar refractivity (Wildman–Crippen MR) is 57.4 cm³/mol. The van der Waals surface area contributed by atoms with Gasteiger partial charge in [0.2, 0.25) is 0 Å². The Morgan fingerprint density at radius 2 is 2.07 bits per heavy atom. The van der Waals surface area contributed by atoms with Crippen LogP contribution in [0.4, 0.5) is 0 Å². The van der Waals surface area contributed by atoms with Gasteiger partial charge in [-0.3, -0.25) is 9.69 Å². The van der Waals surface area contributed by atoms with Crippen LogP contribution in [0.15, 0.2) is 12.3 Å². The lowest BCUT2D eigenvalue weighted by atomic mass is 10.2. The van der Waals surface area contributed by atoms with Gasteiger partial charge in [-0.15, -0.1) is 0 Å². The van der Waals surface area contributed by atoms with Crippen molar-refractivity contribution < 1.29 is 4.79 Å². The standard InChI is InChI=1S/C11H18N2O/c1-4-13(5-2)8-10-6-11(9(3)14)12-7-10/h6-7,12H,4-5,8H2,1-3H3. The van der Waals surface area contributed by atoms with Crippen molar-refractivity contribution in [3.05, 3.63) is 23.5 Å². The molecule has 0 spiro atoms. The zero-order valence-electron chi connectivity index (χ0n) is 9.13. The number of nitrogens with one attached hydrogen (secondary N) is 1. The van der Waals surface area contributed by atoms with Gasteiger partial charge in [0.1, 0.15) is 0 Å². The maximum Gasteiger partial charge on any atom is 0.175 e. The maximum absolute atomic E-state index is 11.0. The summed E-state index contributed by atoms with van der Waals surface area (Å²) in [4.78, 5) is 16.3. The molecule has 0 aliphatic rings. The van der Waals surface area contributed by atoms with E-state index in [-0.39, 0.29) is 5.78 Å². The fourth-order valence-electron chi connectivity index (χ4n) is 1.44. The molecule has 3 nitrogen and oxygen atoms in total. The number of nitrogens with zero attached hydrogens (tertiary/aromatic N) is 1. The van der Waals surface area contributed by atoms with Crippen LogP contribution in [-0.2, 0) is 6.54 Å². The minimum Gasteiger partial charge on any atom is -0.358 e. The topological polar surface area (TPSA) is 36.1 Å². The zero-order valence-corrected chi connectivity index (χ0v) is 9.13. The number of aromatic nitrogens is 1.